The molecule has 0 aliphatic carbocycles. The normalized spacial score (nSPS) is 21.4. The zero-order chi connectivity index (χ0) is 17.8. The molecule has 26 heavy (non-hydrogen) atoms. The Morgan fingerprint density at radius 3 is 2.85 bits per heavy atom. The van der Waals surface area contributed by atoms with Crippen LogP contribution in [0.15, 0.2) is 23.6 Å². The highest BCUT2D eigenvalue weighted by Crippen LogP contribution is 2.27. The summed E-state index contributed by atoms with van der Waals surface area (Å²) in [5, 5.41) is 2.15. The van der Waals surface area contributed by atoms with Gasteiger partial charge in [-0.3, -0.25) is 4.90 Å². The fraction of sp³-hybridized carbons (Fsp3) is 0.579. The van der Waals surface area contributed by atoms with Gasteiger partial charge in [-0.25, -0.2) is 9.97 Å². The third-order valence-electron chi connectivity index (χ3n) is 5.06. The lowest BCUT2D eigenvalue weighted by molar-refractivity contribution is 0.177. The van der Waals surface area contributed by atoms with Crippen LogP contribution in [0.5, 0.6) is 0 Å². The molecule has 0 bridgehead atoms. The van der Waals surface area contributed by atoms with Crippen molar-refractivity contribution in [3.63, 3.8) is 0 Å². The molecule has 6 nitrogen and oxygen atoms in total. The highest BCUT2D eigenvalue weighted by molar-refractivity contribution is 7.09. The van der Waals surface area contributed by atoms with Crippen molar-refractivity contribution < 1.29 is 9.47 Å². The lowest BCUT2D eigenvalue weighted by Gasteiger charge is -2.35. The van der Waals surface area contributed by atoms with Gasteiger partial charge in [-0.2, -0.15) is 0 Å². The first-order chi connectivity index (χ1) is 12.8. The van der Waals surface area contributed by atoms with E-state index in [1.54, 1.807) is 7.11 Å². The van der Waals surface area contributed by atoms with Gasteiger partial charge < -0.3 is 14.4 Å². The molecule has 0 radical (unpaired) electrons. The van der Waals surface area contributed by atoms with Gasteiger partial charge in [-0.1, -0.05) is 6.07 Å². The summed E-state index contributed by atoms with van der Waals surface area (Å²) >= 11 is 1.84. The van der Waals surface area contributed by atoms with E-state index in [0.717, 1.165) is 69.7 Å². The molecule has 0 saturated carbocycles. The summed E-state index contributed by atoms with van der Waals surface area (Å²) in [5.74, 6) is 2.19. The molecule has 2 aromatic rings. The van der Waals surface area contributed by atoms with Crippen LogP contribution in [0.1, 0.15) is 28.7 Å². The molecular formula is C19H26N4O2S. The van der Waals surface area contributed by atoms with Crippen molar-refractivity contribution in [1.29, 1.82) is 0 Å². The second-order valence-electron chi connectivity index (χ2n) is 6.90. The zero-order valence-electron chi connectivity index (χ0n) is 15.3. The molecule has 4 rings (SSSR count). The summed E-state index contributed by atoms with van der Waals surface area (Å²) in [7, 11) is 1.69. The second kappa shape index (κ2) is 8.43. The SMILES string of the molecule is COCc1nc([C@H]2CCOC2)cc(N2CCN(Cc3cccs3)CC2)n1. The highest BCUT2D eigenvalue weighted by atomic mass is 32.1. The molecule has 1 atom stereocenters. The largest absolute Gasteiger partial charge is 0.381 e. The number of hydrogen-bond acceptors (Lipinski definition) is 7. The van der Waals surface area contributed by atoms with Gasteiger partial charge in [0.1, 0.15) is 12.4 Å². The Labute approximate surface area is 158 Å². The standard InChI is InChI=1S/C19H26N4O2S/c1-24-14-18-20-17(15-4-9-25-13-15)11-19(21-18)23-7-5-22(6-8-23)12-16-3-2-10-26-16/h2-3,10-11,15H,4-9,12-14H2,1H3/t15-/m0/s1. The summed E-state index contributed by atoms with van der Waals surface area (Å²) in [5.41, 5.74) is 1.10. The molecule has 2 aliphatic heterocycles. The van der Waals surface area contributed by atoms with Crippen molar-refractivity contribution in [2.75, 3.05) is 51.4 Å². The fourth-order valence-electron chi connectivity index (χ4n) is 3.59. The van der Waals surface area contributed by atoms with E-state index in [1.807, 2.05) is 11.3 Å². The van der Waals surface area contributed by atoms with E-state index in [9.17, 15) is 0 Å². The third-order valence-corrected chi connectivity index (χ3v) is 5.92. The van der Waals surface area contributed by atoms with Gasteiger partial charge in [0.05, 0.1) is 12.3 Å². The Kier molecular flexibility index (Phi) is 5.79. The van der Waals surface area contributed by atoms with E-state index in [4.69, 9.17) is 19.4 Å². The van der Waals surface area contributed by atoms with Crippen molar-refractivity contribution in [2.45, 2.75) is 25.5 Å². The minimum absolute atomic E-state index is 0.382. The van der Waals surface area contributed by atoms with Gasteiger partial charge in [0.2, 0.25) is 0 Å². The molecule has 0 unspecified atom stereocenters. The molecule has 0 spiro atoms. The monoisotopic (exact) mass is 374 g/mol. The number of thiophene rings is 1. The molecule has 2 fully saturated rings. The second-order valence-corrected chi connectivity index (χ2v) is 7.94. The van der Waals surface area contributed by atoms with Crippen molar-refractivity contribution >= 4 is 17.2 Å². The number of nitrogens with zero attached hydrogens (tertiary/aromatic N) is 4. The number of hydrogen-bond donors (Lipinski definition) is 0. The number of anilines is 1. The summed E-state index contributed by atoms with van der Waals surface area (Å²) in [6.45, 7) is 7.20. The minimum Gasteiger partial charge on any atom is -0.381 e. The predicted molar refractivity (Wildman–Crippen MR) is 103 cm³/mol. The van der Waals surface area contributed by atoms with Crippen LogP contribution >= 0.6 is 11.3 Å². The van der Waals surface area contributed by atoms with Gasteiger partial charge >= 0.3 is 0 Å². The van der Waals surface area contributed by atoms with Crippen LogP contribution in [-0.2, 0) is 22.6 Å². The van der Waals surface area contributed by atoms with Gasteiger partial charge in [0, 0.05) is 63.3 Å². The average Bonchev–Trinajstić information content (AvgIpc) is 3.36. The van der Waals surface area contributed by atoms with Gasteiger partial charge in [0.25, 0.3) is 0 Å². The van der Waals surface area contributed by atoms with E-state index in [0.29, 0.717) is 12.5 Å². The molecule has 2 saturated heterocycles. The van der Waals surface area contributed by atoms with E-state index in [-0.39, 0.29) is 0 Å². The van der Waals surface area contributed by atoms with E-state index < -0.39 is 0 Å². The van der Waals surface area contributed by atoms with Crippen molar-refractivity contribution in [2.24, 2.45) is 0 Å². The maximum atomic E-state index is 5.55. The molecule has 0 N–H and O–H groups in total. The molecule has 0 amide bonds. The van der Waals surface area contributed by atoms with Crippen LogP contribution in [0.3, 0.4) is 0 Å². The van der Waals surface area contributed by atoms with Gasteiger partial charge in [-0.05, 0) is 17.9 Å². The van der Waals surface area contributed by atoms with Crippen LogP contribution in [-0.4, -0.2) is 61.4 Å². The molecule has 7 heteroatoms. The first-order valence-corrected chi connectivity index (χ1v) is 10.1. The quantitative estimate of drug-likeness (QED) is 0.774. The molecule has 2 aromatic heterocycles. The van der Waals surface area contributed by atoms with Crippen molar-refractivity contribution in [1.82, 2.24) is 14.9 Å². The lowest BCUT2D eigenvalue weighted by atomic mass is 10.0. The maximum absolute atomic E-state index is 5.55. The van der Waals surface area contributed by atoms with Crippen molar-refractivity contribution in [3.8, 4) is 0 Å². The Bertz CT molecular complexity index is 696. The van der Waals surface area contributed by atoms with Gasteiger partial charge in [0.15, 0.2) is 5.82 Å². The lowest BCUT2D eigenvalue weighted by Crippen LogP contribution is -2.46. The minimum atomic E-state index is 0.382. The topological polar surface area (TPSA) is 50.7 Å². The van der Waals surface area contributed by atoms with Crippen LogP contribution < -0.4 is 4.90 Å². The molecule has 140 valence electrons. The molecule has 0 aromatic carbocycles. The Morgan fingerprint density at radius 1 is 1.27 bits per heavy atom. The third kappa shape index (κ3) is 4.23. The van der Waals surface area contributed by atoms with E-state index in [2.05, 4.69) is 33.4 Å². The fourth-order valence-corrected chi connectivity index (χ4v) is 4.34. The average molecular weight is 375 g/mol. The Balaban J connectivity index is 1.44. The number of methoxy groups -OCH3 is 1. The number of aromatic nitrogens is 2. The first-order valence-electron chi connectivity index (χ1n) is 9.26. The maximum Gasteiger partial charge on any atom is 0.156 e. The number of piperazine rings is 1. The number of rotatable bonds is 6. The molecule has 4 heterocycles. The van der Waals surface area contributed by atoms with E-state index >= 15 is 0 Å². The Hall–Kier alpha value is -1.54. The van der Waals surface area contributed by atoms with Crippen LogP contribution in [0.25, 0.3) is 0 Å². The summed E-state index contributed by atoms with van der Waals surface area (Å²) in [4.78, 5) is 15.8. The highest BCUT2D eigenvalue weighted by Gasteiger charge is 2.24. The first kappa shape index (κ1) is 17.9. The van der Waals surface area contributed by atoms with Crippen LogP contribution in [0.2, 0.25) is 0 Å². The summed E-state index contributed by atoms with van der Waals surface area (Å²) in [6.07, 6.45) is 1.04. The van der Waals surface area contributed by atoms with Gasteiger partial charge in [-0.15, -0.1) is 11.3 Å². The summed E-state index contributed by atoms with van der Waals surface area (Å²) < 4.78 is 10.8. The smallest absolute Gasteiger partial charge is 0.156 e. The number of ether oxygens (including phenoxy) is 2. The van der Waals surface area contributed by atoms with E-state index in [1.165, 1.54) is 4.88 Å². The molecular weight excluding hydrogens is 348 g/mol. The van der Waals surface area contributed by atoms with Crippen LogP contribution in [0.4, 0.5) is 5.82 Å². The van der Waals surface area contributed by atoms with Crippen molar-refractivity contribution in [3.05, 3.63) is 40.0 Å². The predicted octanol–water partition coefficient (Wildman–Crippen LogP) is 2.51. The Morgan fingerprint density at radius 2 is 2.15 bits per heavy atom. The summed E-state index contributed by atoms with van der Waals surface area (Å²) in [6, 6.07) is 6.50. The molecule has 2 aliphatic rings. The zero-order valence-corrected chi connectivity index (χ0v) is 16.1. The van der Waals surface area contributed by atoms with Crippen LogP contribution in [0, 0.1) is 0 Å².